The molecule has 0 aromatic carbocycles. The van der Waals surface area contributed by atoms with Gasteiger partial charge in [0.15, 0.2) is 16.6 Å². The molecule has 2 atom stereocenters. The number of ether oxygens (including phenoxy) is 2. The van der Waals surface area contributed by atoms with Gasteiger partial charge >= 0.3 is 0 Å². The van der Waals surface area contributed by atoms with E-state index in [2.05, 4.69) is 20.4 Å². The standard InChI is InChI=1S/C16H26N4O4S6/c21-11(9-27-15-19-17-13(25)29-15)7-23-5-3-1-2-4-6-24-8-12(22)10-28-16-20-18-14(26)30-16/h11-12,21-22H,1-10H2,(H,17,25)(H,18,26). The number of hydrogen-bond acceptors (Lipinski definition) is 12. The smallest absolute Gasteiger partial charge is 0.177 e. The number of thioether (sulfide) groups is 2. The Morgan fingerprint density at radius 3 is 1.60 bits per heavy atom. The third-order valence-electron chi connectivity index (χ3n) is 3.58. The summed E-state index contributed by atoms with van der Waals surface area (Å²) >= 11 is 15.7. The number of nitrogens with one attached hydrogen (secondary N) is 2. The van der Waals surface area contributed by atoms with Crippen molar-refractivity contribution >= 4 is 70.6 Å². The minimum Gasteiger partial charge on any atom is -0.390 e. The van der Waals surface area contributed by atoms with Gasteiger partial charge in [-0.1, -0.05) is 59.0 Å². The van der Waals surface area contributed by atoms with Crippen molar-refractivity contribution in [2.45, 2.75) is 46.6 Å². The zero-order chi connectivity index (χ0) is 21.6. The summed E-state index contributed by atoms with van der Waals surface area (Å²) in [6.07, 6.45) is 2.97. The zero-order valence-corrected chi connectivity index (χ0v) is 21.2. The first kappa shape index (κ1) is 26.4. The molecule has 30 heavy (non-hydrogen) atoms. The van der Waals surface area contributed by atoms with Crippen molar-refractivity contribution in [3.8, 4) is 0 Å². The number of hydrogen-bond donors (Lipinski definition) is 4. The number of aromatic amines is 2. The maximum Gasteiger partial charge on any atom is 0.177 e. The predicted molar refractivity (Wildman–Crippen MR) is 128 cm³/mol. The molecule has 4 N–H and O–H groups in total. The van der Waals surface area contributed by atoms with Gasteiger partial charge in [-0.05, 0) is 37.3 Å². The molecule has 0 spiro atoms. The van der Waals surface area contributed by atoms with Gasteiger partial charge in [0.25, 0.3) is 0 Å². The van der Waals surface area contributed by atoms with Crippen molar-refractivity contribution in [3.63, 3.8) is 0 Å². The highest BCUT2D eigenvalue weighted by Crippen LogP contribution is 2.21. The van der Waals surface area contributed by atoms with Crippen LogP contribution in [0.5, 0.6) is 0 Å². The lowest BCUT2D eigenvalue weighted by molar-refractivity contribution is 0.0426. The Morgan fingerprint density at radius 1 is 0.800 bits per heavy atom. The molecule has 0 aliphatic carbocycles. The van der Waals surface area contributed by atoms with Crippen LogP contribution in [0.15, 0.2) is 8.68 Å². The number of rotatable bonds is 17. The largest absolute Gasteiger partial charge is 0.390 e. The van der Waals surface area contributed by atoms with Gasteiger partial charge in [0.1, 0.15) is 0 Å². The second-order valence-corrected chi connectivity index (χ2v) is 12.1. The molecule has 2 unspecified atom stereocenters. The van der Waals surface area contributed by atoms with E-state index in [0.717, 1.165) is 34.4 Å². The quantitative estimate of drug-likeness (QED) is 0.136. The topological polar surface area (TPSA) is 116 Å². The number of H-pyrrole nitrogens is 2. The molecule has 0 fully saturated rings. The lowest BCUT2D eigenvalue weighted by Gasteiger charge is -2.11. The molecule has 0 aliphatic heterocycles. The first-order valence-corrected chi connectivity index (χ1v) is 13.8. The fraction of sp³-hybridized carbons (Fsp3) is 0.750. The summed E-state index contributed by atoms with van der Waals surface area (Å²) in [4.78, 5) is 0. The van der Waals surface area contributed by atoms with Gasteiger partial charge < -0.3 is 19.7 Å². The van der Waals surface area contributed by atoms with Crippen LogP contribution in [-0.2, 0) is 9.47 Å². The van der Waals surface area contributed by atoms with Crippen LogP contribution in [0.2, 0.25) is 0 Å². The van der Waals surface area contributed by atoms with Crippen molar-refractivity contribution in [2.24, 2.45) is 0 Å². The highest BCUT2D eigenvalue weighted by atomic mass is 32.2. The van der Waals surface area contributed by atoms with Crippen LogP contribution >= 0.6 is 70.6 Å². The van der Waals surface area contributed by atoms with Gasteiger partial charge in [0, 0.05) is 24.7 Å². The van der Waals surface area contributed by atoms with Crippen LogP contribution in [0.3, 0.4) is 0 Å². The van der Waals surface area contributed by atoms with E-state index in [4.69, 9.17) is 33.9 Å². The van der Waals surface area contributed by atoms with Crippen LogP contribution in [-0.4, -0.2) is 80.7 Å². The van der Waals surface area contributed by atoms with Crippen LogP contribution in [0.25, 0.3) is 0 Å². The van der Waals surface area contributed by atoms with Gasteiger partial charge in [-0.2, -0.15) is 10.2 Å². The summed E-state index contributed by atoms with van der Waals surface area (Å²) in [7, 11) is 0. The summed E-state index contributed by atoms with van der Waals surface area (Å²) in [6, 6.07) is 0. The molecule has 8 nitrogen and oxygen atoms in total. The summed E-state index contributed by atoms with van der Waals surface area (Å²) in [5.41, 5.74) is 0. The van der Waals surface area contributed by atoms with Crippen LogP contribution < -0.4 is 0 Å². The number of aliphatic hydroxyl groups excluding tert-OH is 2. The van der Waals surface area contributed by atoms with E-state index < -0.39 is 12.2 Å². The average molecular weight is 531 g/mol. The lowest BCUT2D eigenvalue weighted by atomic mass is 10.2. The molecule has 14 heteroatoms. The van der Waals surface area contributed by atoms with Crippen LogP contribution in [0.1, 0.15) is 25.7 Å². The predicted octanol–water partition coefficient (Wildman–Crippen LogP) is 3.91. The van der Waals surface area contributed by atoms with Crippen LogP contribution in [0, 0.1) is 7.91 Å². The zero-order valence-electron chi connectivity index (χ0n) is 16.3. The number of unbranched alkanes of at least 4 members (excludes halogenated alkanes) is 3. The average Bonchev–Trinajstić information content (AvgIpc) is 3.33. The number of nitrogens with zero attached hydrogens (tertiary/aromatic N) is 2. The molecule has 2 heterocycles. The summed E-state index contributed by atoms with van der Waals surface area (Å²) < 4.78 is 14.0. The van der Waals surface area contributed by atoms with Crippen molar-refractivity contribution < 1.29 is 19.7 Å². The molecule has 170 valence electrons. The fourth-order valence-corrected chi connectivity index (χ4v) is 6.21. The molecule has 0 aliphatic rings. The van der Waals surface area contributed by atoms with E-state index >= 15 is 0 Å². The molecule has 2 aromatic rings. The van der Waals surface area contributed by atoms with Gasteiger partial charge in [0.2, 0.25) is 0 Å². The van der Waals surface area contributed by atoms with E-state index in [-0.39, 0.29) is 0 Å². The van der Waals surface area contributed by atoms with Gasteiger partial charge in [-0.3, -0.25) is 10.2 Å². The Kier molecular flexibility index (Phi) is 13.9. The van der Waals surface area contributed by atoms with Crippen molar-refractivity contribution in [1.29, 1.82) is 0 Å². The highest BCUT2D eigenvalue weighted by Gasteiger charge is 2.08. The molecule has 0 radical (unpaired) electrons. The monoisotopic (exact) mass is 530 g/mol. The van der Waals surface area contributed by atoms with Gasteiger partial charge in [-0.25, -0.2) is 0 Å². The molecular weight excluding hydrogens is 505 g/mol. The third-order valence-corrected chi connectivity index (χ3v) is 8.34. The molecule has 2 rings (SSSR count). The Balaban J connectivity index is 1.34. The number of aliphatic hydroxyl groups is 2. The highest BCUT2D eigenvalue weighted by molar-refractivity contribution is 8.01. The molecule has 0 bridgehead atoms. The maximum absolute atomic E-state index is 9.91. The summed E-state index contributed by atoms with van der Waals surface area (Å²) in [6.45, 7) is 1.93. The molecule has 0 saturated carbocycles. The fourth-order valence-electron chi connectivity index (χ4n) is 2.19. The van der Waals surface area contributed by atoms with Gasteiger partial charge in [-0.15, -0.1) is 0 Å². The van der Waals surface area contributed by atoms with E-state index in [0.29, 0.717) is 45.8 Å². The SMILES string of the molecule is OC(COCCCCCCOCC(O)CSc1n[nH]c(=S)s1)CSc1n[nH]c(=S)s1. The molecule has 0 saturated heterocycles. The Hall–Kier alpha value is 0.1000. The van der Waals surface area contributed by atoms with Crippen LogP contribution in [0.4, 0.5) is 0 Å². The normalized spacial score (nSPS) is 13.5. The first-order chi connectivity index (χ1) is 14.5. The summed E-state index contributed by atoms with van der Waals surface area (Å²) in [5.74, 6) is 1.07. The minimum absolute atomic E-state index is 0.328. The van der Waals surface area contributed by atoms with Crippen molar-refractivity contribution in [1.82, 2.24) is 20.4 Å². The first-order valence-electron chi connectivity index (χ1n) is 9.41. The Bertz CT molecular complexity index is 744. The van der Waals surface area contributed by atoms with Crippen molar-refractivity contribution in [3.05, 3.63) is 7.91 Å². The van der Waals surface area contributed by atoms with Crippen molar-refractivity contribution in [2.75, 3.05) is 37.9 Å². The third kappa shape index (κ3) is 12.2. The molecule has 2 aromatic heterocycles. The second-order valence-electron chi connectivity index (χ2n) is 6.25. The van der Waals surface area contributed by atoms with E-state index in [1.807, 2.05) is 0 Å². The minimum atomic E-state index is -0.516. The lowest BCUT2D eigenvalue weighted by Crippen LogP contribution is -2.18. The Labute approximate surface area is 202 Å². The Morgan fingerprint density at radius 2 is 1.23 bits per heavy atom. The van der Waals surface area contributed by atoms with Gasteiger partial charge in [0.05, 0.1) is 25.4 Å². The molecule has 0 amide bonds. The summed E-state index contributed by atoms with van der Waals surface area (Å²) in [5, 5.41) is 33.3. The van der Waals surface area contributed by atoms with E-state index in [1.165, 1.54) is 46.2 Å². The second kappa shape index (κ2) is 15.8. The molecular formula is C16H26N4O4S6. The van der Waals surface area contributed by atoms with E-state index in [1.54, 1.807) is 0 Å². The number of aromatic nitrogens is 4. The maximum atomic E-state index is 9.91. The van der Waals surface area contributed by atoms with E-state index in [9.17, 15) is 10.2 Å².